The molecule has 1 aromatic heterocycles. The van der Waals surface area contributed by atoms with Crippen molar-refractivity contribution >= 4 is 11.6 Å². The zero-order chi connectivity index (χ0) is 13.5. The average Bonchev–Trinajstić information content (AvgIpc) is 2.46. The van der Waals surface area contributed by atoms with Crippen LogP contribution >= 0.6 is 0 Å². The third-order valence-electron chi connectivity index (χ3n) is 2.65. The Morgan fingerprint density at radius 3 is 2.74 bits per heavy atom. The van der Waals surface area contributed by atoms with Crippen LogP contribution in [0, 0.1) is 0 Å². The van der Waals surface area contributed by atoms with Gasteiger partial charge in [0.2, 0.25) is 5.91 Å². The summed E-state index contributed by atoms with van der Waals surface area (Å²) in [5, 5.41) is 2.85. The van der Waals surface area contributed by atoms with E-state index in [1.54, 1.807) is 12.4 Å². The summed E-state index contributed by atoms with van der Waals surface area (Å²) in [6, 6.07) is 7.60. The van der Waals surface area contributed by atoms with Crippen LogP contribution in [0.4, 0.5) is 5.69 Å². The number of hydrogen-bond acceptors (Lipinski definition) is 4. The van der Waals surface area contributed by atoms with E-state index in [0.29, 0.717) is 19.4 Å². The molecule has 0 fully saturated rings. The first-order valence-corrected chi connectivity index (χ1v) is 6.15. The summed E-state index contributed by atoms with van der Waals surface area (Å²) in [6.45, 7) is 0.523. The van der Waals surface area contributed by atoms with Gasteiger partial charge < -0.3 is 11.1 Å². The molecule has 19 heavy (non-hydrogen) atoms. The molecule has 0 aliphatic rings. The molecule has 0 radical (unpaired) electrons. The topological polar surface area (TPSA) is 80.9 Å². The van der Waals surface area contributed by atoms with Crippen molar-refractivity contribution in [3.8, 4) is 11.1 Å². The molecule has 0 atom stereocenters. The number of carbonyl (C=O) groups excluding carboxylic acids is 1. The lowest BCUT2D eigenvalue weighted by Crippen LogP contribution is -2.13. The molecule has 1 aromatic carbocycles. The highest BCUT2D eigenvalue weighted by Crippen LogP contribution is 2.21. The minimum Gasteiger partial charge on any atom is -0.330 e. The van der Waals surface area contributed by atoms with Crippen molar-refractivity contribution in [2.45, 2.75) is 12.8 Å². The number of anilines is 1. The highest BCUT2D eigenvalue weighted by Gasteiger charge is 2.03. The number of hydrogen-bond donors (Lipinski definition) is 2. The number of rotatable bonds is 5. The quantitative estimate of drug-likeness (QED) is 0.855. The molecule has 0 aliphatic heterocycles. The second kappa shape index (κ2) is 6.61. The molecule has 0 saturated carbocycles. The molecule has 5 heteroatoms. The van der Waals surface area contributed by atoms with Crippen LogP contribution in [-0.4, -0.2) is 22.4 Å². The summed E-state index contributed by atoms with van der Waals surface area (Å²) in [6.07, 6.45) is 6.10. The Morgan fingerprint density at radius 2 is 2.00 bits per heavy atom. The van der Waals surface area contributed by atoms with Crippen LogP contribution in [0.5, 0.6) is 0 Å². The molecule has 3 N–H and O–H groups in total. The maximum atomic E-state index is 11.6. The Kier molecular flexibility index (Phi) is 4.58. The minimum atomic E-state index is -0.0214. The summed E-state index contributed by atoms with van der Waals surface area (Å²) in [5.41, 5.74) is 8.03. The van der Waals surface area contributed by atoms with E-state index in [1.165, 1.54) is 6.33 Å². The normalized spacial score (nSPS) is 10.2. The van der Waals surface area contributed by atoms with E-state index in [9.17, 15) is 4.79 Å². The van der Waals surface area contributed by atoms with Gasteiger partial charge in [-0.3, -0.25) is 4.79 Å². The van der Waals surface area contributed by atoms with E-state index in [2.05, 4.69) is 15.3 Å². The van der Waals surface area contributed by atoms with Crippen LogP contribution in [-0.2, 0) is 4.79 Å². The third-order valence-corrected chi connectivity index (χ3v) is 2.65. The van der Waals surface area contributed by atoms with Gasteiger partial charge in [-0.1, -0.05) is 12.1 Å². The van der Waals surface area contributed by atoms with Crippen molar-refractivity contribution in [3.63, 3.8) is 0 Å². The van der Waals surface area contributed by atoms with Gasteiger partial charge in [-0.25, -0.2) is 9.97 Å². The Bertz CT molecular complexity index is 542. The standard InChI is InChI=1S/C14H16N4O/c15-6-2-5-14(19)18-13-4-1-3-11(7-13)12-8-16-10-17-9-12/h1,3-4,7-10H,2,5-6,15H2,(H,18,19). The number of amides is 1. The number of nitrogens with zero attached hydrogens (tertiary/aromatic N) is 2. The molecular weight excluding hydrogens is 240 g/mol. The Balaban J connectivity index is 2.10. The molecule has 0 bridgehead atoms. The average molecular weight is 256 g/mol. The predicted molar refractivity (Wildman–Crippen MR) is 74.4 cm³/mol. The second-order valence-corrected chi connectivity index (χ2v) is 4.15. The van der Waals surface area contributed by atoms with Gasteiger partial charge in [0, 0.05) is 30.1 Å². The lowest BCUT2D eigenvalue weighted by atomic mass is 10.1. The highest BCUT2D eigenvalue weighted by atomic mass is 16.1. The van der Waals surface area contributed by atoms with Gasteiger partial charge >= 0.3 is 0 Å². The van der Waals surface area contributed by atoms with Crippen LogP contribution in [0.1, 0.15) is 12.8 Å². The van der Waals surface area contributed by atoms with Crippen molar-refractivity contribution < 1.29 is 4.79 Å². The smallest absolute Gasteiger partial charge is 0.224 e. The van der Waals surface area contributed by atoms with E-state index in [1.807, 2.05) is 24.3 Å². The Labute approximate surface area is 111 Å². The third kappa shape index (κ3) is 3.86. The van der Waals surface area contributed by atoms with Crippen LogP contribution < -0.4 is 11.1 Å². The first-order chi connectivity index (χ1) is 9.29. The highest BCUT2D eigenvalue weighted by molar-refractivity contribution is 5.91. The maximum absolute atomic E-state index is 11.6. The molecule has 1 amide bonds. The molecular formula is C14H16N4O. The first kappa shape index (κ1) is 13.2. The number of nitrogens with one attached hydrogen (secondary N) is 1. The van der Waals surface area contributed by atoms with Crippen LogP contribution in [0.3, 0.4) is 0 Å². The van der Waals surface area contributed by atoms with Crippen molar-refractivity contribution in [1.29, 1.82) is 0 Å². The van der Waals surface area contributed by atoms with E-state index >= 15 is 0 Å². The fourth-order valence-corrected chi connectivity index (χ4v) is 1.71. The first-order valence-electron chi connectivity index (χ1n) is 6.15. The molecule has 0 saturated heterocycles. The van der Waals surface area contributed by atoms with Crippen molar-refractivity contribution in [1.82, 2.24) is 9.97 Å². The van der Waals surface area contributed by atoms with Gasteiger partial charge in [0.1, 0.15) is 6.33 Å². The van der Waals surface area contributed by atoms with Crippen LogP contribution in [0.25, 0.3) is 11.1 Å². The molecule has 0 spiro atoms. The maximum Gasteiger partial charge on any atom is 0.224 e. The van der Waals surface area contributed by atoms with Crippen molar-refractivity contribution in [2.75, 3.05) is 11.9 Å². The number of nitrogens with two attached hydrogens (primary N) is 1. The lowest BCUT2D eigenvalue weighted by Gasteiger charge is -2.07. The van der Waals surface area contributed by atoms with Crippen LogP contribution in [0.2, 0.25) is 0 Å². The lowest BCUT2D eigenvalue weighted by molar-refractivity contribution is -0.116. The number of carbonyl (C=O) groups is 1. The summed E-state index contributed by atoms with van der Waals surface area (Å²) in [5.74, 6) is -0.0214. The predicted octanol–water partition coefficient (Wildman–Crippen LogP) is 1.82. The van der Waals surface area contributed by atoms with E-state index in [0.717, 1.165) is 16.8 Å². The van der Waals surface area contributed by atoms with Gasteiger partial charge in [0.05, 0.1) is 0 Å². The van der Waals surface area contributed by atoms with Gasteiger partial charge in [0.15, 0.2) is 0 Å². The van der Waals surface area contributed by atoms with E-state index in [4.69, 9.17) is 5.73 Å². The molecule has 2 aromatic rings. The van der Waals surface area contributed by atoms with Gasteiger partial charge in [0.25, 0.3) is 0 Å². The Morgan fingerprint density at radius 1 is 1.21 bits per heavy atom. The van der Waals surface area contributed by atoms with Gasteiger partial charge in [-0.15, -0.1) is 0 Å². The summed E-state index contributed by atoms with van der Waals surface area (Å²) >= 11 is 0. The largest absolute Gasteiger partial charge is 0.330 e. The number of benzene rings is 1. The fourth-order valence-electron chi connectivity index (χ4n) is 1.71. The molecule has 98 valence electrons. The second-order valence-electron chi connectivity index (χ2n) is 4.15. The monoisotopic (exact) mass is 256 g/mol. The molecule has 0 aliphatic carbocycles. The molecule has 1 heterocycles. The summed E-state index contributed by atoms with van der Waals surface area (Å²) in [7, 11) is 0. The van der Waals surface area contributed by atoms with Gasteiger partial charge in [-0.05, 0) is 30.7 Å². The van der Waals surface area contributed by atoms with Crippen molar-refractivity contribution in [2.24, 2.45) is 5.73 Å². The molecule has 2 rings (SSSR count). The summed E-state index contributed by atoms with van der Waals surface area (Å²) in [4.78, 5) is 19.6. The zero-order valence-electron chi connectivity index (χ0n) is 10.5. The van der Waals surface area contributed by atoms with Gasteiger partial charge in [-0.2, -0.15) is 0 Å². The molecule has 5 nitrogen and oxygen atoms in total. The van der Waals surface area contributed by atoms with Crippen molar-refractivity contribution in [3.05, 3.63) is 43.0 Å². The van der Waals surface area contributed by atoms with E-state index < -0.39 is 0 Å². The van der Waals surface area contributed by atoms with Crippen LogP contribution in [0.15, 0.2) is 43.0 Å². The SMILES string of the molecule is NCCCC(=O)Nc1cccc(-c2cncnc2)c1. The van der Waals surface area contributed by atoms with E-state index in [-0.39, 0.29) is 5.91 Å². The summed E-state index contributed by atoms with van der Waals surface area (Å²) < 4.78 is 0. The minimum absolute atomic E-state index is 0.0214. The molecule has 0 unspecified atom stereocenters. The fraction of sp³-hybridized carbons (Fsp3) is 0.214. The Hall–Kier alpha value is -2.27. The number of aromatic nitrogens is 2. The zero-order valence-corrected chi connectivity index (χ0v) is 10.5.